The van der Waals surface area contributed by atoms with E-state index in [-0.39, 0.29) is 6.29 Å². The van der Waals surface area contributed by atoms with Gasteiger partial charge in [0, 0.05) is 6.61 Å². The predicted molar refractivity (Wildman–Crippen MR) is 70.2 cm³/mol. The van der Waals surface area contributed by atoms with Gasteiger partial charge in [-0.1, -0.05) is 44.2 Å². The topological polar surface area (TPSA) is 18.5 Å². The van der Waals surface area contributed by atoms with Gasteiger partial charge in [0.25, 0.3) is 0 Å². The van der Waals surface area contributed by atoms with Gasteiger partial charge >= 0.3 is 0 Å². The number of ether oxygens (including phenoxy) is 1. The fourth-order valence-corrected chi connectivity index (χ4v) is 2.90. The first-order chi connectivity index (χ1) is 7.77. The van der Waals surface area contributed by atoms with E-state index < -0.39 is 9.76 Å². The molecule has 0 saturated carbocycles. The molecule has 0 aliphatic carbocycles. The predicted octanol–water partition coefficient (Wildman–Crippen LogP) is 2.62. The lowest BCUT2D eigenvalue weighted by Crippen LogP contribution is -2.21. The number of hydrogen-bond donors (Lipinski definition) is 0. The molecule has 0 aliphatic heterocycles. The van der Waals surface area contributed by atoms with Crippen LogP contribution in [0.1, 0.15) is 38.3 Å². The molecule has 0 heterocycles. The third kappa shape index (κ3) is 4.47. The van der Waals surface area contributed by atoms with Gasteiger partial charge in [0.15, 0.2) is 9.76 Å². The van der Waals surface area contributed by atoms with Crippen LogP contribution < -0.4 is 0 Å². The number of rotatable bonds is 7. The van der Waals surface area contributed by atoms with Crippen LogP contribution in [0.4, 0.5) is 0 Å². The minimum atomic E-state index is -0.566. The van der Waals surface area contributed by atoms with E-state index in [4.69, 9.17) is 9.16 Å². The Kier molecular flexibility index (Phi) is 6.38. The Hall–Kier alpha value is -0.643. The van der Waals surface area contributed by atoms with Gasteiger partial charge in [0.2, 0.25) is 0 Å². The molecule has 0 aromatic heterocycles. The second-order valence-corrected chi connectivity index (χ2v) is 5.83. The Labute approximate surface area is 101 Å². The van der Waals surface area contributed by atoms with Crippen LogP contribution >= 0.6 is 0 Å². The van der Waals surface area contributed by atoms with E-state index in [0.29, 0.717) is 5.54 Å². The van der Waals surface area contributed by atoms with Gasteiger partial charge in [0.05, 0.1) is 0 Å². The van der Waals surface area contributed by atoms with E-state index in [9.17, 15) is 0 Å². The molecule has 0 fully saturated rings. The Morgan fingerprint density at radius 3 is 2.44 bits per heavy atom. The van der Waals surface area contributed by atoms with E-state index in [1.54, 1.807) is 0 Å². The zero-order chi connectivity index (χ0) is 11.8. The van der Waals surface area contributed by atoms with Gasteiger partial charge in [0.1, 0.15) is 6.29 Å². The maximum absolute atomic E-state index is 5.86. The normalized spacial score (nSPS) is 15.4. The fraction of sp³-hybridized carbons (Fsp3) is 0.538. The quantitative estimate of drug-likeness (QED) is 0.537. The van der Waals surface area contributed by atoms with Crippen molar-refractivity contribution in [2.45, 2.75) is 39.0 Å². The molecule has 2 atom stereocenters. The van der Waals surface area contributed by atoms with Crippen LogP contribution in [0.15, 0.2) is 30.3 Å². The zero-order valence-electron chi connectivity index (χ0n) is 10.5. The molecule has 0 saturated heterocycles. The zero-order valence-corrected chi connectivity index (χ0v) is 11.9. The van der Waals surface area contributed by atoms with Crippen LogP contribution in [-0.2, 0) is 9.16 Å². The van der Waals surface area contributed by atoms with Crippen LogP contribution in [0.3, 0.4) is 0 Å². The summed E-state index contributed by atoms with van der Waals surface area (Å²) in [5.41, 5.74) is 1.93. The molecule has 0 amide bonds. The lowest BCUT2D eigenvalue weighted by Gasteiger charge is -2.19. The highest BCUT2D eigenvalue weighted by Gasteiger charge is 2.10. The van der Waals surface area contributed by atoms with Crippen LogP contribution in [0.5, 0.6) is 0 Å². The molecular formula is C13H22O2Si. The van der Waals surface area contributed by atoms with Crippen molar-refractivity contribution in [2.75, 3.05) is 6.61 Å². The van der Waals surface area contributed by atoms with Gasteiger partial charge < -0.3 is 9.16 Å². The summed E-state index contributed by atoms with van der Waals surface area (Å²) < 4.78 is 11.4. The molecule has 90 valence electrons. The molecule has 3 heteroatoms. The number of benzene rings is 1. The first-order valence-electron chi connectivity index (χ1n) is 6.06. The Morgan fingerprint density at radius 1 is 1.19 bits per heavy atom. The highest BCUT2D eigenvalue weighted by atomic mass is 28.2. The summed E-state index contributed by atoms with van der Waals surface area (Å²) in [5.74, 6) is 0. The van der Waals surface area contributed by atoms with E-state index >= 15 is 0 Å². The first kappa shape index (κ1) is 13.4. The average molecular weight is 238 g/mol. The smallest absolute Gasteiger partial charge is 0.172 e. The standard InChI is InChI=1S/C13H22O2Si/c1-4-13(14-5-2)15-16-11(3)12-9-7-6-8-10-12/h6-11,13H,4-5,16H2,1-3H3. The van der Waals surface area contributed by atoms with Crippen LogP contribution in [0.2, 0.25) is 0 Å². The molecule has 2 nitrogen and oxygen atoms in total. The molecule has 1 rings (SSSR count). The molecular weight excluding hydrogens is 216 g/mol. The summed E-state index contributed by atoms with van der Waals surface area (Å²) in [5, 5.41) is 0. The Morgan fingerprint density at radius 2 is 1.88 bits per heavy atom. The van der Waals surface area contributed by atoms with Gasteiger partial charge in [-0.15, -0.1) is 0 Å². The molecule has 0 N–H and O–H groups in total. The minimum absolute atomic E-state index is 0.00262. The van der Waals surface area contributed by atoms with E-state index in [1.165, 1.54) is 5.56 Å². The Balaban J connectivity index is 2.37. The van der Waals surface area contributed by atoms with Crippen molar-refractivity contribution in [3.05, 3.63) is 35.9 Å². The maximum atomic E-state index is 5.86. The van der Waals surface area contributed by atoms with Crippen molar-refractivity contribution in [2.24, 2.45) is 0 Å². The average Bonchev–Trinajstić information content (AvgIpc) is 2.35. The van der Waals surface area contributed by atoms with Gasteiger partial charge in [-0.25, -0.2) is 0 Å². The summed E-state index contributed by atoms with van der Waals surface area (Å²) in [6.45, 7) is 7.07. The highest BCUT2D eigenvalue weighted by Crippen LogP contribution is 2.14. The Bertz CT molecular complexity index is 277. The van der Waals surface area contributed by atoms with Gasteiger partial charge in [-0.3, -0.25) is 0 Å². The fourth-order valence-electron chi connectivity index (χ4n) is 1.60. The summed E-state index contributed by atoms with van der Waals surface area (Å²) in [4.78, 5) is 0. The lowest BCUT2D eigenvalue weighted by atomic mass is 10.2. The van der Waals surface area contributed by atoms with Crippen molar-refractivity contribution in [3.8, 4) is 0 Å². The van der Waals surface area contributed by atoms with Gasteiger partial charge in [-0.05, 0) is 24.4 Å². The van der Waals surface area contributed by atoms with Crippen LogP contribution in [0.25, 0.3) is 0 Å². The van der Waals surface area contributed by atoms with Gasteiger partial charge in [-0.2, -0.15) is 0 Å². The molecule has 0 bridgehead atoms. The molecule has 0 radical (unpaired) electrons. The first-order valence-corrected chi connectivity index (χ1v) is 7.45. The van der Waals surface area contributed by atoms with E-state index in [1.807, 2.05) is 13.0 Å². The van der Waals surface area contributed by atoms with Crippen molar-refractivity contribution < 1.29 is 9.16 Å². The third-order valence-corrected chi connectivity index (χ3v) is 4.12. The SMILES string of the molecule is CCOC(CC)O[SiH2]C(C)c1ccccc1. The molecule has 1 aromatic rings. The minimum Gasteiger partial charge on any atom is -0.399 e. The molecule has 2 unspecified atom stereocenters. The maximum Gasteiger partial charge on any atom is 0.172 e. The lowest BCUT2D eigenvalue weighted by molar-refractivity contribution is -0.0767. The molecule has 0 spiro atoms. The molecule has 0 aliphatic rings. The number of hydrogen-bond acceptors (Lipinski definition) is 2. The van der Waals surface area contributed by atoms with Crippen LogP contribution in [0, 0.1) is 0 Å². The highest BCUT2D eigenvalue weighted by molar-refractivity contribution is 6.29. The van der Waals surface area contributed by atoms with Crippen LogP contribution in [-0.4, -0.2) is 22.7 Å². The third-order valence-electron chi connectivity index (χ3n) is 2.59. The molecule has 1 aromatic carbocycles. The molecule has 16 heavy (non-hydrogen) atoms. The summed E-state index contributed by atoms with van der Waals surface area (Å²) in [7, 11) is -0.566. The summed E-state index contributed by atoms with van der Waals surface area (Å²) in [6, 6.07) is 10.6. The van der Waals surface area contributed by atoms with Crippen molar-refractivity contribution in [1.29, 1.82) is 0 Å². The largest absolute Gasteiger partial charge is 0.399 e. The van der Waals surface area contributed by atoms with Crippen molar-refractivity contribution >= 4 is 9.76 Å². The second-order valence-electron chi connectivity index (χ2n) is 3.94. The summed E-state index contributed by atoms with van der Waals surface area (Å²) >= 11 is 0. The summed E-state index contributed by atoms with van der Waals surface area (Å²) in [6.07, 6.45) is 0.936. The van der Waals surface area contributed by atoms with E-state index in [2.05, 4.69) is 38.1 Å². The van der Waals surface area contributed by atoms with Crippen molar-refractivity contribution in [3.63, 3.8) is 0 Å². The second kappa shape index (κ2) is 7.60. The van der Waals surface area contributed by atoms with Crippen molar-refractivity contribution in [1.82, 2.24) is 0 Å². The van der Waals surface area contributed by atoms with E-state index in [0.717, 1.165) is 13.0 Å². The monoisotopic (exact) mass is 238 g/mol.